The lowest BCUT2D eigenvalue weighted by Crippen LogP contribution is -2.11. The Morgan fingerprint density at radius 3 is 2.27 bits per heavy atom. The summed E-state index contributed by atoms with van der Waals surface area (Å²) >= 11 is 2.30. The van der Waals surface area contributed by atoms with Gasteiger partial charge in [-0.25, -0.2) is 9.48 Å². The van der Waals surface area contributed by atoms with E-state index >= 15 is 0 Å². The molecular formula is C24H20IN3O2. The molecule has 0 fully saturated rings. The third-order valence-electron chi connectivity index (χ3n) is 4.69. The summed E-state index contributed by atoms with van der Waals surface area (Å²) in [6, 6.07) is 23.8. The number of aromatic nitrogens is 3. The van der Waals surface area contributed by atoms with Gasteiger partial charge < -0.3 is 9.30 Å². The highest BCUT2D eigenvalue weighted by Crippen LogP contribution is 2.30. The van der Waals surface area contributed by atoms with Gasteiger partial charge >= 0.3 is 5.97 Å². The first kappa shape index (κ1) is 20.2. The van der Waals surface area contributed by atoms with Gasteiger partial charge in [0.25, 0.3) is 0 Å². The Morgan fingerprint density at radius 1 is 1.00 bits per heavy atom. The number of esters is 1. The fourth-order valence-corrected chi connectivity index (χ4v) is 4.02. The number of carbonyl (C=O) groups excluding carboxylic acids is 1. The zero-order valence-electron chi connectivity index (χ0n) is 16.4. The maximum atomic E-state index is 12.5. The second-order valence-corrected chi connectivity index (χ2v) is 7.76. The largest absolute Gasteiger partial charge is 0.466 e. The zero-order valence-corrected chi connectivity index (χ0v) is 18.6. The predicted molar refractivity (Wildman–Crippen MR) is 126 cm³/mol. The molecule has 0 N–H and O–H groups in total. The molecule has 4 rings (SSSR count). The molecule has 2 aromatic carbocycles. The molecule has 0 aliphatic heterocycles. The van der Waals surface area contributed by atoms with Crippen LogP contribution in [0.1, 0.15) is 5.69 Å². The van der Waals surface area contributed by atoms with Crippen LogP contribution in [0.2, 0.25) is 0 Å². The van der Waals surface area contributed by atoms with Crippen molar-refractivity contribution in [2.75, 3.05) is 7.11 Å². The predicted octanol–water partition coefficient (Wildman–Crippen LogP) is 5.20. The molecule has 0 bridgehead atoms. The molecule has 0 radical (unpaired) electrons. The van der Waals surface area contributed by atoms with Crippen LogP contribution in [0, 0.1) is 3.57 Å². The lowest BCUT2D eigenvalue weighted by Gasteiger charge is -2.09. The minimum Gasteiger partial charge on any atom is -0.466 e. The van der Waals surface area contributed by atoms with Crippen LogP contribution in [0.15, 0.2) is 90.8 Å². The lowest BCUT2D eigenvalue weighted by molar-refractivity contribution is -0.136. The van der Waals surface area contributed by atoms with Crippen LogP contribution in [0.3, 0.4) is 0 Å². The Bertz CT molecular complexity index is 1160. The fraction of sp³-hybridized carbons (Fsp3) is 0.0833. The molecule has 2 heterocycles. The van der Waals surface area contributed by atoms with E-state index in [9.17, 15) is 4.79 Å². The Hall–Kier alpha value is -3.13. The number of para-hydroxylation sites is 1. The number of rotatable bonds is 6. The van der Waals surface area contributed by atoms with Crippen LogP contribution in [-0.2, 0) is 16.1 Å². The van der Waals surface area contributed by atoms with E-state index in [1.165, 1.54) is 7.11 Å². The van der Waals surface area contributed by atoms with Crippen molar-refractivity contribution in [2.45, 2.75) is 6.54 Å². The van der Waals surface area contributed by atoms with Crippen LogP contribution in [0.25, 0.3) is 23.0 Å². The Balaban J connectivity index is 1.89. The van der Waals surface area contributed by atoms with Crippen molar-refractivity contribution in [2.24, 2.45) is 0 Å². The number of methoxy groups -OCH3 is 1. The first-order valence-corrected chi connectivity index (χ1v) is 10.5. The standard InChI is InChI=1S/C24H20IN3O2/c1-30-24(29)19(17-27-14-8-9-15-27)16-21-22(25)23(18-10-4-2-5-11-18)26-28(21)20-12-6-3-7-13-20/h2-16H,17H2,1H3/b19-16+. The van der Waals surface area contributed by atoms with Gasteiger partial charge in [-0.15, -0.1) is 0 Å². The maximum absolute atomic E-state index is 12.5. The van der Waals surface area contributed by atoms with Gasteiger partial charge in [0.1, 0.15) is 5.69 Å². The summed E-state index contributed by atoms with van der Waals surface area (Å²) in [4.78, 5) is 12.5. The van der Waals surface area contributed by atoms with E-state index in [0.717, 1.165) is 26.2 Å². The summed E-state index contributed by atoms with van der Waals surface area (Å²) < 4.78 is 9.85. The third kappa shape index (κ3) is 4.23. The van der Waals surface area contributed by atoms with E-state index in [1.54, 1.807) is 0 Å². The summed E-state index contributed by atoms with van der Waals surface area (Å²) in [5, 5.41) is 4.89. The van der Waals surface area contributed by atoms with Crippen molar-refractivity contribution in [1.29, 1.82) is 0 Å². The van der Waals surface area contributed by atoms with E-state index in [4.69, 9.17) is 9.84 Å². The number of ether oxygens (including phenoxy) is 1. The molecule has 0 spiro atoms. The molecule has 0 amide bonds. The molecule has 0 saturated carbocycles. The highest BCUT2D eigenvalue weighted by molar-refractivity contribution is 14.1. The van der Waals surface area contributed by atoms with Crippen molar-refractivity contribution in [3.63, 3.8) is 0 Å². The van der Waals surface area contributed by atoms with Gasteiger partial charge in [-0.3, -0.25) is 0 Å². The molecule has 0 saturated heterocycles. The third-order valence-corrected chi connectivity index (χ3v) is 5.75. The van der Waals surface area contributed by atoms with Crippen molar-refractivity contribution in [3.8, 4) is 16.9 Å². The van der Waals surface area contributed by atoms with Gasteiger partial charge in [-0.1, -0.05) is 48.5 Å². The van der Waals surface area contributed by atoms with E-state index in [1.807, 2.05) is 101 Å². The number of carbonyl (C=O) groups is 1. The van der Waals surface area contributed by atoms with Gasteiger partial charge in [0, 0.05) is 18.0 Å². The topological polar surface area (TPSA) is 49.0 Å². The van der Waals surface area contributed by atoms with E-state index < -0.39 is 0 Å². The monoisotopic (exact) mass is 509 g/mol. The molecule has 6 heteroatoms. The maximum Gasteiger partial charge on any atom is 0.335 e. The summed E-state index contributed by atoms with van der Waals surface area (Å²) in [7, 11) is 1.40. The Labute approximate surface area is 188 Å². The molecule has 0 unspecified atom stereocenters. The average Bonchev–Trinajstić information content (AvgIpc) is 3.42. The van der Waals surface area contributed by atoms with Gasteiger partial charge in [-0.2, -0.15) is 5.10 Å². The van der Waals surface area contributed by atoms with E-state index in [2.05, 4.69) is 22.6 Å². The molecule has 4 aromatic rings. The average molecular weight is 509 g/mol. The number of benzene rings is 2. The van der Waals surface area contributed by atoms with Crippen molar-refractivity contribution < 1.29 is 9.53 Å². The van der Waals surface area contributed by atoms with Crippen LogP contribution in [-0.4, -0.2) is 27.4 Å². The number of hydrogen-bond donors (Lipinski definition) is 0. The van der Waals surface area contributed by atoms with Crippen LogP contribution >= 0.6 is 22.6 Å². The molecule has 5 nitrogen and oxygen atoms in total. The van der Waals surface area contributed by atoms with Crippen LogP contribution in [0.5, 0.6) is 0 Å². The normalized spacial score (nSPS) is 11.5. The first-order valence-electron chi connectivity index (χ1n) is 9.46. The fourth-order valence-electron chi connectivity index (χ4n) is 3.22. The van der Waals surface area contributed by atoms with Crippen molar-refractivity contribution in [1.82, 2.24) is 14.3 Å². The Morgan fingerprint density at radius 2 is 1.63 bits per heavy atom. The zero-order chi connectivity index (χ0) is 20.9. The molecule has 150 valence electrons. The molecular weight excluding hydrogens is 489 g/mol. The van der Waals surface area contributed by atoms with Gasteiger partial charge in [-0.05, 0) is 52.9 Å². The first-order chi connectivity index (χ1) is 14.7. The number of nitrogens with zero attached hydrogens (tertiary/aromatic N) is 3. The van der Waals surface area contributed by atoms with Gasteiger partial charge in [0.05, 0.1) is 34.2 Å². The minimum absolute atomic E-state index is 0.360. The molecule has 0 aliphatic carbocycles. The minimum atomic E-state index is -0.360. The second-order valence-electron chi connectivity index (χ2n) is 6.68. The summed E-state index contributed by atoms with van der Waals surface area (Å²) in [5.74, 6) is -0.360. The highest BCUT2D eigenvalue weighted by atomic mass is 127. The van der Waals surface area contributed by atoms with Crippen molar-refractivity contribution in [3.05, 3.63) is 100 Å². The highest BCUT2D eigenvalue weighted by Gasteiger charge is 2.19. The second kappa shape index (κ2) is 9.13. The molecule has 0 aliphatic rings. The van der Waals surface area contributed by atoms with Gasteiger partial charge in [0.2, 0.25) is 0 Å². The summed E-state index contributed by atoms with van der Waals surface area (Å²) in [6.07, 6.45) is 5.72. The van der Waals surface area contributed by atoms with Crippen molar-refractivity contribution >= 4 is 34.6 Å². The number of hydrogen-bond acceptors (Lipinski definition) is 3. The van der Waals surface area contributed by atoms with Crippen LogP contribution in [0.4, 0.5) is 0 Å². The molecule has 30 heavy (non-hydrogen) atoms. The smallest absolute Gasteiger partial charge is 0.335 e. The van der Waals surface area contributed by atoms with E-state index in [-0.39, 0.29) is 5.97 Å². The quantitative estimate of drug-likeness (QED) is 0.204. The van der Waals surface area contributed by atoms with Crippen LogP contribution < -0.4 is 0 Å². The SMILES string of the molecule is COC(=O)/C(=C/c1c(I)c(-c2ccccc2)nn1-c1ccccc1)Cn1cccc1. The Kier molecular flexibility index (Phi) is 6.13. The van der Waals surface area contributed by atoms with Gasteiger partial charge in [0.15, 0.2) is 0 Å². The lowest BCUT2D eigenvalue weighted by atomic mass is 10.1. The number of halogens is 1. The summed E-state index contributed by atoms with van der Waals surface area (Å²) in [5.41, 5.74) is 4.21. The molecule has 2 aromatic heterocycles. The van der Waals surface area contributed by atoms with E-state index in [0.29, 0.717) is 12.1 Å². The molecule has 0 atom stereocenters. The summed E-state index contributed by atoms with van der Waals surface area (Å²) in [6.45, 7) is 0.413.